The zero-order valence-electron chi connectivity index (χ0n) is 15.3. The van der Waals surface area contributed by atoms with Crippen molar-refractivity contribution in [2.75, 3.05) is 20.5 Å². The molecule has 0 aromatic carbocycles. The van der Waals surface area contributed by atoms with Crippen LogP contribution in [0.3, 0.4) is 0 Å². The van der Waals surface area contributed by atoms with Crippen LogP contribution in [0.4, 0.5) is 0 Å². The summed E-state index contributed by atoms with van der Waals surface area (Å²) in [5.41, 5.74) is -1.30. The first-order valence-corrected chi connectivity index (χ1v) is 12.5. The van der Waals surface area contributed by atoms with Crippen molar-refractivity contribution in [2.45, 2.75) is 25.2 Å². The summed E-state index contributed by atoms with van der Waals surface area (Å²) in [5, 5.41) is 0. The second kappa shape index (κ2) is 10.1. The minimum Gasteiger partial charge on any atom is -0.358 e. The first kappa shape index (κ1) is 25.3. The Morgan fingerprint density at radius 2 is 1.87 bits per heavy atom. The summed E-state index contributed by atoms with van der Waals surface area (Å²) in [6.07, 6.45) is 0.273. The Kier molecular flexibility index (Phi) is 8.50. The topological polar surface area (TPSA) is 222 Å². The van der Waals surface area contributed by atoms with E-state index in [1.165, 1.54) is 6.20 Å². The van der Waals surface area contributed by atoms with E-state index in [1.54, 1.807) is 0 Å². The first-order valence-electron chi connectivity index (χ1n) is 7.98. The van der Waals surface area contributed by atoms with E-state index in [9.17, 15) is 28.2 Å². The Morgan fingerprint density at radius 3 is 2.47 bits per heavy atom. The highest BCUT2D eigenvalue weighted by Crippen LogP contribution is 2.68. The fourth-order valence-corrected chi connectivity index (χ4v) is 5.83. The summed E-state index contributed by atoms with van der Waals surface area (Å²) in [7, 11) is -14.8. The van der Waals surface area contributed by atoms with E-state index in [0.717, 1.165) is 17.7 Å². The normalized spacial score (nSPS) is 23.7. The van der Waals surface area contributed by atoms with Crippen LogP contribution >= 0.6 is 23.5 Å². The molecule has 19 heteroatoms. The van der Waals surface area contributed by atoms with Crippen molar-refractivity contribution in [3.63, 3.8) is 0 Å². The molecule has 0 spiro atoms. The Bertz CT molecular complexity index is 984. The molecule has 0 radical (unpaired) electrons. The Labute approximate surface area is 168 Å². The fraction of sp³-hybridized carbons (Fsp3) is 0.636. The first-order chi connectivity index (χ1) is 13.8. The molecular weight excluding hydrogens is 477 g/mol. The number of phosphoric ester groups is 1. The van der Waals surface area contributed by atoms with Gasteiger partial charge in [0.2, 0.25) is 0 Å². The Hall–Kier alpha value is -0.990. The average molecular weight is 496 g/mol. The van der Waals surface area contributed by atoms with Crippen molar-refractivity contribution in [3.05, 3.63) is 33.1 Å². The summed E-state index contributed by atoms with van der Waals surface area (Å²) in [5.74, 6) is 0. The smallest absolute Gasteiger partial charge is 0.358 e. The van der Waals surface area contributed by atoms with E-state index in [1.807, 2.05) is 0 Å². The summed E-state index contributed by atoms with van der Waals surface area (Å²) >= 11 is 0. The van der Waals surface area contributed by atoms with Gasteiger partial charge in [0.05, 0.1) is 12.7 Å². The average Bonchev–Trinajstić information content (AvgIpc) is 3.04. The number of phosphoric acid groups is 3. The molecule has 0 saturated carbocycles. The molecule has 1 aliphatic rings. The van der Waals surface area contributed by atoms with Gasteiger partial charge in [0.1, 0.15) is 6.23 Å². The summed E-state index contributed by atoms with van der Waals surface area (Å²) in [6, 6.07) is 1.12. The minimum absolute atomic E-state index is 0.288. The number of aromatic nitrogens is 2. The van der Waals surface area contributed by atoms with Crippen LogP contribution in [-0.2, 0) is 40.8 Å². The van der Waals surface area contributed by atoms with Crippen LogP contribution in [0.1, 0.15) is 19.1 Å². The lowest BCUT2D eigenvalue weighted by molar-refractivity contribution is -0.0330. The van der Waals surface area contributed by atoms with E-state index < -0.39 is 60.4 Å². The van der Waals surface area contributed by atoms with Gasteiger partial charge in [-0.2, -0.15) is 8.62 Å². The van der Waals surface area contributed by atoms with Gasteiger partial charge < -0.3 is 24.2 Å². The van der Waals surface area contributed by atoms with Crippen LogP contribution in [0.15, 0.2) is 21.9 Å². The summed E-state index contributed by atoms with van der Waals surface area (Å²) in [4.78, 5) is 51.6. The number of methoxy groups -OCH3 is 1. The maximum Gasteiger partial charge on any atom is 0.490 e. The van der Waals surface area contributed by atoms with Crippen molar-refractivity contribution in [2.24, 2.45) is 0 Å². The van der Waals surface area contributed by atoms with Gasteiger partial charge in [-0.05, 0) is 12.8 Å². The molecule has 0 amide bonds. The number of H-pyrrole nitrogens is 1. The van der Waals surface area contributed by atoms with Crippen LogP contribution in [0.2, 0.25) is 0 Å². The van der Waals surface area contributed by atoms with Crippen LogP contribution < -0.4 is 11.2 Å². The molecule has 4 unspecified atom stereocenters. The van der Waals surface area contributed by atoms with Gasteiger partial charge in [0.25, 0.3) is 5.56 Å². The molecule has 172 valence electrons. The molecule has 1 aromatic rings. The summed E-state index contributed by atoms with van der Waals surface area (Å²) in [6.45, 7) is -1.25. The number of nitrogens with one attached hydrogen (secondary N) is 1. The molecule has 30 heavy (non-hydrogen) atoms. The lowest BCUT2D eigenvalue weighted by atomic mass is 10.2. The molecule has 1 saturated heterocycles. The van der Waals surface area contributed by atoms with Crippen molar-refractivity contribution >= 4 is 23.5 Å². The molecule has 1 aliphatic heterocycles. The summed E-state index contributed by atoms with van der Waals surface area (Å²) < 4.78 is 63.3. The Morgan fingerprint density at radius 1 is 1.17 bits per heavy atom. The molecule has 16 nitrogen and oxygen atoms in total. The third-order valence-electron chi connectivity index (χ3n) is 3.41. The van der Waals surface area contributed by atoms with Gasteiger partial charge in [-0.25, -0.2) is 18.5 Å². The van der Waals surface area contributed by atoms with Gasteiger partial charge >= 0.3 is 29.2 Å². The van der Waals surface area contributed by atoms with Crippen molar-refractivity contribution < 1.29 is 55.5 Å². The second-order valence-electron chi connectivity index (χ2n) is 5.71. The van der Waals surface area contributed by atoms with E-state index >= 15 is 0 Å². The molecule has 2 heterocycles. The van der Waals surface area contributed by atoms with Crippen molar-refractivity contribution in [1.82, 2.24) is 9.55 Å². The maximum atomic E-state index is 12.5. The van der Waals surface area contributed by atoms with Crippen molar-refractivity contribution in [3.8, 4) is 0 Å². The number of nitrogens with zero attached hydrogens (tertiary/aromatic N) is 1. The SMILES string of the molecule is COCOP(=O)(OCC1CCC(n2ccc(=O)[nH]c2=O)O1)OP(=O)(O)OP(=O)(O)O. The number of hydrogen-bond donors (Lipinski definition) is 4. The molecular formula is C11H19N2O14P3. The lowest BCUT2D eigenvalue weighted by Crippen LogP contribution is -2.31. The number of hydrogen-bond acceptors (Lipinski definition) is 11. The molecule has 1 aromatic heterocycles. The van der Waals surface area contributed by atoms with E-state index in [0.29, 0.717) is 6.42 Å². The third-order valence-corrected chi connectivity index (χ3v) is 7.60. The molecule has 2 rings (SSSR count). The molecule has 4 N–H and O–H groups in total. The highest BCUT2D eigenvalue weighted by atomic mass is 31.3. The predicted octanol–water partition coefficient (Wildman–Crippen LogP) is 0.186. The van der Waals surface area contributed by atoms with Gasteiger partial charge in [-0.3, -0.25) is 23.4 Å². The van der Waals surface area contributed by atoms with Gasteiger partial charge in [0, 0.05) is 19.4 Å². The highest BCUT2D eigenvalue weighted by Gasteiger charge is 2.43. The standard InChI is InChI=1S/C11H19N2O14P3/c1-22-7-24-30(21,27-29(19,20)26-28(16,17)18)23-6-8-2-3-10(25-8)13-5-4-9(14)12-11(13)15/h4-5,8,10H,2-3,6-7H2,1H3,(H,19,20)(H,12,14,15)(H2,16,17,18). The quantitative estimate of drug-likeness (QED) is 0.237. The minimum atomic E-state index is -5.56. The van der Waals surface area contributed by atoms with Gasteiger partial charge in [-0.1, -0.05) is 0 Å². The number of rotatable bonds is 11. The molecule has 1 fully saturated rings. The highest BCUT2D eigenvalue weighted by molar-refractivity contribution is 7.66. The predicted molar refractivity (Wildman–Crippen MR) is 95.0 cm³/mol. The van der Waals surface area contributed by atoms with Gasteiger partial charge in [0.15, 0.2) is 6.79 Å². The van der Waals surface area contributed by atoms with E-state index in [-0.39, 0.29) is 6.42 Å². The third kappa shape index (κ3) is 7.93. The Balaban J connectivity index is 2.03. The monoisotopic (exact) mass is 496 g/mol. The van der Waals surface area contributed by atoms with Crippen LogP contribution in [0, 0.1) is 0 Å². The van der Waals surface area contributed by atoms with E-state index in [2.05, 4.69) is 22.9 Å². The molecule has 4 atom stereocenters. The molecule has 0 aliphatic carbocycles. The fourth-order valence-electron chi connectivity index (χ4n) is 2.32. The zero-order valence-corrected chi connectivity index (χ0v) is 17.9. The largest absolute Gasteiger partial charge is 0.490 e. The second-order valence-corrected chi connectivity index (χ2v) is 10.3. The van der Waals surface area contributed by atoms with Crippen LogP contribution in [0.5, 0.6) is 0 Å². The zero-order chi connectivity index (χ0) is 22.6. The van der Waals surface area contributed by atoms with Crippen molar-refractivity contribution in [1.29, 1.82) is 0 Å². The van der Waals surface area contributed by atoms with Crippen LogP contribution in [0.25, 0.3) is 0 Å². The number of aromatic amines is 1. The lowest BCUT2D eigenvalue weighted by Gasteiger charge is -2.21. The van der Waals surface area contributed by atoms with Gasteiger partial charge in [-0.15, -0.1) is 0 Å². The van der Waals surface area contributed by atoms with E-state index in [4.69, 9.17) is 19.0 Å². The van der Waals surface area contributed by atoms with Crippen LogP contribution in [-0.4, -0.2) is 50.8 Å². The number of ether oxygens (including phenoxy) is 2. The molecule has 0 bridgehead atoms. The maximum absolute atomic E-state index is 12.5.